The van der Waals surface area contributed by atoms with Crippen LogP contribution in [0.25, 0.3) is 0 Å². The number of para-hydroxylation sites is 1. The van der Waals surface area contributed by atoms with E-state index >= 15 is 0 Å². The van der Waals surface area contributed by atoms with E-state index in [1.54, 1.807) is 48.5 Å². The number of ether oxygens (including phenoxy) is 1. The third kappa shape index (κ3) is 7.24. The number of hydrogen-bond acceptors (Lipinski definition) is 6. The standard InChI is InChI=1S/C30H31N3O6S2/c1-4-39-26-13-17-28(18-14-26)41(37,38)33(25-8-6-5-7-9-25)21-30(34)31-24-11-15-27(16-12-24)40(35,36)32-29-19-10-22(2)20-23(29)3/h5-20,32H,4,21H2,1-3H3,(H,31,34). The second-order valence-electron chi connectivity index (χ2n) is 9.25. The van der Waals surface area contributed by atoms with E-state index in [0.717, 1.165) is 15.4 Å². The fourth-order valence-corrected chi connectivity index (χ4v) is 6.64. The number of carbonyl (C=O) groups excluding carboxylic acids is 1. The van der Waals surface area contributed by atoms with Crippen LogP contribution in [0.4, 0.5) is 17.1 Å². The molecule has 0 aromatic heterocycles. The minimum Gasteiger partial charge on any atom is -0.494 e. The first-order valence-electron chi connectivity index (χ1n) is 12.8. The van der Waals surface area contributed by atoms with Gasteiger partial charge in [-0.1, -0.05) is 35.9 Å². The molecule has 11 heteroatoms. The fraction of sp³-hybridized carbons (Fsp3) is 0.167. The highest BCUT2D eigenvalue weighted by molar-refractivity contribution is 7.93. The van der Waals surface area contributed by atoms with Gasteiger partial charge in [0, 0.05) is 5.69 Å². The lowest BCUT2D eigenvalue weighted by molar-refractivity contribution is -0.114. The minimum absolute atomic E-state index is 0.00322. The van der Waals surface area contributed by atoms with E-state index < -0.39 is 32.5 Å². The highest BCUT2D eigenvalue weighted by atomic mass is 32.2. The van der Waals surface area contributed by atoms with Crippen LogP contribution in [0.5, 0.6) is 5.75 Å². The molecule has 41 heavy (non-hydrogen) atoms. The molecule has 1 amide bonds. The van der Waals surface area contributed by atoms with Crippen LogP contribution in [-0.2, 0) is 24.8 Å². The van der Waals surface area contributed by atoms with Gasteiger partial charge in [0.15, 0.2) is 0 Å². The second kappa shape index (κ2) is 12.4. The number of carbonyl (C=O) groups is 1. The molecule has 4 aromatic rings. The number of amides is 1. The maximum absolute atomic E-state index is 13.6. The van der Waals surface area contributed by atoms with Crippen molar-refractivity contribution in [3.8, 4) is 5.75 Å². The van der Waals surface area contributed by atoms with Crippen molar-refractivity contribution in [2.45, 2.75) is 30.6 Å². The summed E-state index contributed by atoms with van der Waals surface area (Å²) in [5.41, 5.74) is 2.91. The number of rotatable bonds is 11. The number of sulfonamides is 2. The fourth-order valence-electron chi connectivity index (χ4n) is 4.09. The molecule has 0 aliphatic heterocycles. The van der Waals surface area contributed by atoms with Crippen molar-refractivity contribution in [1.82, 2.24) is 0 Å². The van der Waals surface area contributed by atoms with Crippen molar-refractivity contribution >= 4 is 43.0 Å². The Morgan fingerprint density at radius 2 is 1.44 bits per heavy atom. The zero-order valence-electron chi connectivity index (χ0n) is 22.9. The number of aryl methyl sites for hydroxylation is 2. The van der Waals surface area contributed by atoms with E-state index in [0.29, 0.717) is 29.4 Å². The van der Waals surface area contributed by atoms with Gasteiger partial charge in [-0.2, -0.15) is 0 Å². The maximum Gasteiger partial charge on any atom is 0.264 e. The summed E-state index contributed by atoms with van der Waals surface area (Å²) in [5.74, 6) is -0.0718. The Kier molecular flexibility index (Phi) is 8.99. The van der Waals surface area contributed by atoms with Crippen molar-refractivity contribution in [1.29, 1.82) is 0 Å². The van der Waals surface area contributed by atoms with Crippen LogP contribution in [0.3, 0.4) is 0 Å². The van der Waals surface area contributed by atoms with Gasteiger partial charge in [0.1, 0.15) is 12.3 Å². The van der Waals surface area contributed by atoms with Gasteiger partial charge < -0.3 is 10.1 Å². The van der Waals surface area contributed by atoms with Crippen molar-refractivity contribution in [2.75, 3.05) is 27.5 Å². The molecule has 0 spiro atoms. The molecular formula is C30H31N3O6S2. The van der Waals surface area contributed by atoms with E-state index in [1.165, 1.54) is 36.4 Å². The SMILES string of the molecule is CCOc1ccc(S(=O)(=O)N(CC(=O)Nc2ccc(S(=O)(=O)Nc3ccc(C)cc3C)cc2)c2ccccc2)cc1. The molecule has 0 unspecified atom stereocenters. The van der Waals surface area contributed by atoms with Gasteiger partial charge >= 0.3 is 0 Å². The largest absolute Gasteiger partial charge is 0.494 e. The van der Waals surface area contributed by atoms with Gasteiger partial charge in [0.2, 0.25) is 5.91 Å². The number of nitrogens with zero attached hydrogens (tertiary/aromatic N) is 1. The second-order valence-corrected chi connectivity index (χ2v) is 12.8. The molecule has 4 aromatic carbocycles. The molecule has 0 radical (unpaired) electrons. The Morgan fingerprint density at radius 3 is 2.05 bits per heavy atom. The Bertz CT molecular complexity index is 1720. The van der Waals surface area contributed by atoms with E-state index in [1.807, 2.05) is 32.9 Å². The highest BCUT2D eigenvalue weighted by Crippen LogP contribution is 2.26. The quantitative estimate of drug-likeness (QED) is 0.242. The van der Waals surface area contributed by atoms with Gasteiger partial charge in [-0.3, -0.25) is 13.8 Å². The summed E-state index contributed by atoms with van der Waals surface area (Å²) < 4.78 is 61.9. The van der Waals surface area contributed by atoms with Crippen LogP contribution in [0.2, 0.25) is 0 Å². The zero-order chi connectivity index (χ0) is 29.6. The van der Waals surface area contributed by atoms with Crippen LogP contribution >= 0.6 is 0 Å². The molecule has 0 saturated heterocycles. The molecule has 214 valence electrons. The predicted molar refractivity (Wildman–Crippen MR) is 160 cm³/mol. The van der Waals surface area contributed by atoms with Crippen LogP contribution in [-0.4, -0.2) is 35.9 Å². The van der Waals surface area contributed by atoms with E-state index in [9.17, 15) is 21.6 Å². The Labute approximate surface area is 240 Å². The van der Waals surface area contributed by atoms with Gasteiger partial charge in [0.25, 0.3) is 20.0 Å². The lowest BCUT2D eigenvalue weighted by atomic mass is 10.1. The molecule has 4 rings (SSSR count). The van der Waals surface area contributed by atoms with Crippen molar-refractivity contribution in [2.24, 2.45) is 0 Å². The highest BCUT2D eigenvalue weighted by Gasteiger charge is 2.27. The maximum atomic E-state index is 13.6. The first-order chi connectivity index (χ1) is 19.5. The first-order valence-corrected chi connectivity index (χ1v) is 15.7. The molecule has 0 aliphatic carbocycles. The topological polar surface area (TPSA) is 122 Å². The molecule has 2 N–H and O–H groups in total. The van der Waals surface area contributed by atoms with Crippen molar-refractivity contribution in [3.63, 3.8) is 0 Å². The van der Waals surface area contributed by atoms with Gasteiger partial charge in [-0.15, -0.1) is 0 Å². The number of benzene rings is 4. The molecular weight excluding hydrogens is 562 g/mol. The Morgan fingerprint density at radius 1 is 0.805 bits per heavy atom. The van der Waals surface area contributed by atoms with Gasteiger partial charge in [-0.25, -0.2) is 16.8 Å². The summed E-state index contributed by atoms with van der Waals surface area (Å²) in [5, 5.41) is 2.65. The van der Waals surface area contributed by atoms with E-state index in [-0.39, 0.29) is 9.79 Å². The normalized spacial score (nSPS) is 11.5. The van der Waals surface area contributed by atoms with E-state index in [4.69, 9.17) is 4.74 Å². The number of nitrogens with one attached hydrogen (secondary N) is 2. The molecule has 0 saturated carbocycles. The van der Waals surface area contributed by atoms with Gasteiger partial charge in [0.05, 0.1) is 27.8 Å². The zero-order valence-corrected chi connectivity index (χ0v) is 24.5. The Balaban J connectivity index is 1.51. The average Bonchev–Trinajstić information content (AvgIpc) is 2.94. The van der Waals surface area contributed by atoms with Crippen LogP contribution < -0.4 is 19.1 Å². The number of anilines is 3. The minimum atomic E-state index is -4.11. The summed E-state index contributed by atoms with van der Waals surface area (Å²) in [6, 6.07) is 25.3. The van der Waals surface area contributed by atoms with Gasteiger partial charge in [-0.05, 0) is 93.1 Å². The van der Waals surface area contributed by atoms with Crippen molar-refractivity contribution < 1.29 is 26.4 Å². The molecule has 0 heterocycles. The monoisotopic (exact) mass is 593 g/mol. The smallest absolute Gasteiger partial charge is 0.264 e. The van der Waals surface area contributed by atoms with Crippen LogP contribution in [0.1, 0.15) is 18.1 Å². The van der Waals surface area contributed by atoms with Crippen LogP contribution in [0.15, 0.2) is 107 Å². The Hall–Kier alpha value is -4.35. The molecule has 0 bridgehead atoms. The first kappa shape index (κ1) is 29.6. The molecule has 0 aliphatic rings. The lowest BCUT2D eigenvalue weighted by Crippen LogP contribution is -2.38. The third-order valence-corrected chi connectivity index (χ3v) is 9.30. The number of hydrogen-bond donors (Lipinski definition) is 2. The summed E-state index contributed by atoms with van der Waals surface area (Å²) in [7, 11) is -7.97. The van der Waals surface area contributed by atoms with Crippen LogP contribution in [0, 0.1) is 13.8 Å². The van der Waals surface area contributed by atoms with Crippen molar-refractivity contribution in [3.05, 3.63) is 108 Å². The molecule has 0 fully saturated rings. The summed E-state index contributed by atoms with van der Waals surface area (Å²) in [6.45, 7) is 5.51. The summed E-state index contributed by atoms with van der Waals surface area (Å²) >= 11 is 0. The molecule has 0 atom stereocenters. The van der Waals surface area contributed by atoms with E-state index in [2.05, 4.69) is 10.0 Å². The third-order valence-electron chi connectivity index (χ3n) is 6.13. The summed E-state index contributed by atoms with van der Waals surface area (Å²) in [6.07, 6.45) is 0. The molecule has 9 nitrogen and oxygen atoms in total. The lowest BCUT2D eigenvalue weighted by Gasteiger charge is -2.24. The average molecular weight is 594 g/mol. The summed E-state index contributed by atoms with van der Waals surface area (Å²) in [4.78, 5) is 13.1. The predicted octanol–water partition coefficient (Wildman–Crippen LogP) is 5.34.